The quantitative estimate of drug-likeness (QED) is 0.618. The van der Waals surface area contributed by atoms with Crippen LogP contribution >= 0.6 is 11.6 Å². The Bertz CT molecular complexity index is 999. The van der Waals surface area contributed by atoms with E-state index in [1.165, 1.54) is 24.4 Å². The summed E-state index contributed by atoms with van der Waals surface area (Å²) in [5.74, 6) is -1.43. The van der Waals surface area contributed by atoms with Crippen LogP contribution in [-0.2, 0) is 9.53 Å². The van der Waals surface area contributed by atoms with E-state index >= 15 is 0 Å². The summed E-state index contributed by atoms with van der Waals surface area (Å²) in [4.78, 5) is 28.2. The van der Waals surface area contributed by atoms with Crippen molar-refractivity contribution in [2.24, 2.45) is 0 Å². The topological polar surface area (TPSA) is 77.5 Å². The van der Waals surface area contributed by atoms with Crippen molar-refractivity contribution in [1.82, 2.24) is 4.98 Å². The van der Waals surface area contributed by atoms with Gasteiger partial charge in [-0.05, 0) is 42.5 Å². The molecule has 1 heterocycles. The first-order chi connectivity index (χ1) is 13.5. The standard InChI is InChI=1S/C20H14ClFN2O4/c21-13-7-8-16(22)17(10-13)24-19(25)12-27-20(26)15-5-1-2-6-18(15)28-14-4-3-9-23-11-14/h1-11H,12H2,(H,24,25). The van der Waals surface area contributed by atoms with Crippen molar-refractivity contribution in [3.8, 4) is 11.5 Å². The number of amides is 1. The second kappa shape index (κ2) is 8.96. The predicted molar refractivity (Wildman–Crippen MR) is 101 cm³/mol. The number of nitrogens with zero attached hydrogens (tertiary/aromatic N) is 1. The van der Waals surface area contributed by atoms with Crippen molar-refractivity contribution in [3.05, 3.63) is 83.4 Å². The fourth-order valence-electron chi connectivity index (χ4n) is 2.25. The van der Waals surface area contributed by atoms with E-state index in [1.54, 1.807) is 36.5 Å². The highest BCUT2D eigenvalue weighted by Gasteiger charge is 2.16. The highest BCUT2D eigenvalue weighted by molar-refractivity contribution is 6.30. The number of hydrogen-bond donors (Lipinski definition) is 1. The van der Waals surface area contributed by atoms with Crippen LogP contribution in [0.25, 0.3) is 0 Å². The maximum atomic E-state index is 13.7. The third-order valence-corrected chi connectivity index (χ3v) is 3.74. The monoisotopic (exact) mass is 400 g/mol. The van der Waals surface area contributed by atoms with Gasteiger partial charge in [0.1, 0.15) is 22.9 Å². The van der Waals surface area contributed by atoms with Crippen LogP contribution < -0.4 is 10.1 Å². The number of ether oxygens (including phenoxy) is 2. The van der Waals surface area contributed by atoms with E-state index in [9.17, 15) is 14.0 Å². The number of benzene rings is 2. The second-order valence-corrected chi connectivity index (χ2v) is 5.97. The van der Waals surface area contributed by atoms with E-state index in [0.29, 0.717) is 5.75 Å². The van der Waals surface area contributed by atoms with Gasteiger partial charge in [0, 0.05) is 11.2 Å². The summed E-state index contributed by atoms with van der Waals surface area (Å²) < 4.78 is 24.3. The second-order valence-electron chi connectivity index (χ2n) is 5.54. The number of carbonyl (C=O) groups excluding carboxylic acids is 2. The maximum Gasteiger partial charge on any atom is 0.342 e. The molecule has 3 rings (SSSR count). The zero-order valence-corrected chi connectivity index (χ0v) is 15.2. The number of halogens is 2. The molecule has 0 spiro atoms. The highest BCUT2D eigenvalue weighted by atomic mass is 35.5. The van der Waals surface area contributed by atoms with Crippen LogP contribution in [0.15, 0.2) is 67.0 Å². The Morgan fingerprint density at radius 2 is 1.93 bits per heavy atom. The van der Waals surface area contributed by atoms with Crippen molar-refractivity contribution < 1.29 is 23.5 Å². The van der Waals surface area contributed by atoms with E-state index in [1.807, 2.05) is 0 Å². The van der Waals surface area contributed by atoms with Crippen molar-refractivity contribution in [2.45, 2.75) is 0 Å². The molecule has 0 saturated carbocycles. The van der Waals surface area contributed by atoms with Gasteiger partial charge in [0.05, 0.1) is 11.9 Å². The lowest BCUT2D eigenvalue weighted by Crippen LogP contribution is -2.21. The molecule has 28 heavy (non-hydrogen) atoms. The van der Waals surface area contributed by atoms with Crippen LogP contribution in [0.2, 0.25) is 5.02 Å². The summed E-state index contributed by atoms with van der Waals surface area (Å²) in [6.07, 6.45) is 3.09. The van der Waals surface area contributed by atoms with Crippen molar-refractivity contribution in [2.75, 3.05) is 11.9 Å². The molecule has 0 radical (unpaired) electrons. The van der Waals surface area contributed by atoms with E-state index in [0.717, 1.165) is 6.07 Å². The summed E-state index contributed by atoms with van der Waals surface area (Å²) in [6, 6.07) is 13.5. The Kier molecular flexibility index (Phi) is 6.18. The molecule has 1 amide bonds. The number of aromatic nitrogens is 1. The van der Waals surface area contributed by atoms with Crippen LogP contribution in [0, 0.1) is 5.82 Å². The number of hydrogen-bond acceptors (Lipinski definition) is 5. The minimum atomic E-state index is -0.763. The molecule has 2 aromatic carbocycles. The van der Waals surface area contributed by atoms with Crippen molar-refractivity contribution in [1.29, 1.82) is 0 Å². The van der Waals surface area contributed by atoms with Crippen LogP contribution in [-0.4, -0.2) is 23.5 Å². The molecule has 0 bridgehead atoms. The lowest BCUT2D eigenvalue weighted by Gasteiger charge is -2.11. The smallest absolute Gasteiger partial charge is 0.342 e. The lowest BCUT2D eigenvalue weighted by molar-refractivity contribution is -0.119. The molecule has 0 atom stereocenters. The zero-order valence-electron chi connectivity index (χ0n) is 14.4. The molecule has 3 aromatic rings. The molecule has 0 unspecified atom stereocenters. The van der Waals surface area contributed by atoms with Gasteiger partial charge in [-0.25, -0.2) is 9.18 Å². The Hall–Kier alpha value is -3.45. The van der Waals surface area contributed by atoms with Gasteiger partial charge in [-0.15, -0.1) is 0 Å². The molecule has 0 saturated heterocycles. The number of para-hydroxylation sites is 1. The summed E-state index contributed by atoms with van der Waals surface area (Å²) in [6.45, 7) is -0.605. The number of nitrogens with one attached hydrogen (secondary N) is 1. The number of carbonyl (C=O) groups is 2. The Morgan fingerprint density at radius 1 is 1.11 bits per heavy atom. The SMILES string of the molecule is O=C(COC(=O)c1ccccc1Oc1cccnc1)Nc1cc(Cl)ccc1F. The highest BCUT2D eigenvalue weighted by Crippen LogP contribution is 2.25. The van der Waals surface area contributed by atoms with Crippen molar-refractivity contribution in [3.63, 3.8) is 0 Å². The number of esters is 1. The van der Waals surface area contributed by atoms with Gasteiger partial charge >= 0.3 is 5.97 Å². The molecule has 142 valence electrons. The maximum absolute atomic E-state index is 13.7. The fraction of sp³-hybridized carbons (Fsp3) is 0.0500. The van der Waals surface area contributed by atoms with E-state index in [-0.39, 0.29) is 22.0 Å². The average Bonchev–Trinajstić information content (AvgIpc) is 2.70. The van der Waals surface area contributed by atoms with E-state index in [2.05, 4.69) is 10.3 Å². The van der Waals surface area contributed by atoms with Crippen molar-refractivity contribution >= 4 is 29.2 Å². The lowest BCUT2D eigenvalue weighted by atomic mass is 10.2. The third kappa shape index (κ3) is 5.05. The molecular weight excluding hydrogens is 387 g/mol. The Labute approximate surface area is 164 Å². The van der Waals surface area contributed by atoms with Crippen LogP contribution in [0.3, 0.4) is 0 Å². The van der Waals surface area contributed by atoms with E-state index < -0.39 is 24.3 Å². The minimum absolute atomic E-state index is 0.103. The molecule has 1 N–H and O–H groups in total. The third-order valence-electron chi connectivity index (χ3n) is 3.51. The Morgan fingerprint density at radius 3 is 2.71 bits per heavy atom. The normalized spacial score (nSPS) is 10.2. The number of rotatable bonds is 6. The predicted octanol–water partition coefficient (Wildman–Crippen LogP) is 4.46. The summed E-state index contributed by atoms with van der Waals surface area (Å²) in [5.41, 5.74) is 0.0296. The van der Waals surface area contributed by atoms with Crippen LogP contribution in [0.4, 0.5) is 10.1 Å². The number of anilines is 1. The summed E-state index contributed by atoms with van der Waals surface area (Å²) >= 11 is 5.77. The van der Waals surface area contributed by atoms with Gasteiger partial charge in [0.15, 0.2) is 6.61 Å². The molecule has 0 aliphatic heterocycles. The minimum Gasteiger partial charge on any atom is -0.455 e. The molecule has 6 nitrogen and oxygen atoms in total. The summed E-state index contributed by atoms with van der Waals surface area (Å²) in [7, 11) is 0. The zero-order chi connectivity index (χ0) is 19.9. The molecular formula is C20H14ClFN2O4. The van der Waals surface area contributed by atoms with Gasteiger partial charge in [0.25, 0.3) is 5.91 Å². The molecule has 8 heteroatoms. The molecule has 1 aromatic heterocycles. The fourth-order valence-corrected chi connectivity index (χ4v) is 2.42. The first-order valence-corrected chi connectivity index (χ1v) is 8.49. The largest absolute Gasteiger partial charge is 0.455 e. The van der Waals surface area contributed by atoms with Gasteiger partial charge in [0.2, 0.25) is 0 Å². The van der Waals surface area contributed by atoms with Gasteiger partial charge in [-0.2, -0.15) is 0 Å². The van der Waals surface area contributed by atoms with Crippen LogP contribution in [0.5, 0.6) is 11.5 Å². The Balaban J connectivity index is 1.63. The first-order valence-electron chi connectivity index (χ1n) is 8.12. The van der Waals surface area contributed by atoms with Gasteiger partial charge < -0.3 is 14.8 Å². The molecule has 0 aliphatic rings. The van der Waals surface area contributed by atoms with Gasteiger partial charge in [-0.3, -0.25) is 9.78 Å². The van der Waals surface area contributed by atoms with Crippen LogP contribution in [0.1, 0.15) is 10.4 Å². The van der Waals surface area contributed by atoms with Gasteiger partial charge in [-0.1, -0.05) is 23.7 Å². The summed E-state index contributed by atoms with van der Waals surface area (Å²) in [5, 5.41) is 2.56. The molecule has 0 fully saturated rings. The number of pyridine rings is 1. The molecule has 0 aliphatic carbocycles. The first kappa shape index (κ1) is 19.3. The average molecular weight is 401 g/mol. The van der Waals surface area contributed by atoms with E-state index in [4.69, 9.17) is 21.1 Å².